The summed E-state index contributed by atoms with van der Waals surface area (Å²) in [6.07, 6.45) is 0. The third-order valence-electron chi connectivity index (χ3n) is 3.96. The fourth-order valence-electron chi connectivity index (χ4n) is 3.02. The van der Waals surface area contributed by atoms with Gasteiger partial charge in [0.15, 0.2) is 0 Å². The van der Waals surface area contributed by atoms with Crippen LogP contribution in [0.5, 0.6) is 0 Å². The van der Waals surface area contributed by atoms with Crippen molar-refractivity contribution in [1.29, 1.82) is 0 Å². The van der Waals surface area contributed by atoms with Crippen LogP contribution in [-0.4, -0.2) is 17.8 Å². The smallest absolute Gasteiger partial charge is 0.277 e. The minimum absolute atomic E-state index is 0.104. The van der Waals surface area contributed by atoms with Gasteiger partial charge < -0.3 is 0 Å². The van der Waals surface area contributed by atoms with Gasteiger partial charge >= 0.3 is 6.03 Å². The molecule has 0 unspecified atom stereocenters. The summed E-state index contributed by atoms with van der Waals surface area (Å²) < 4.78 is 0. The second-order valence-corrected chi connectivity index (χ2v) is 4.78. The summed E-state index contributed by atoms with van der Waals surface area (Å²) in [7, 11) is 0. The van der Waals surface area contributed by atoms with Crippen LogP contribution >= 0.6 is 0 Å². The quantitative estimate of drug-likeness (QED) is 0.716. The highest BCUT2D eigenvalue weighted by atomic mass is 16.2. The minimum atomic E-state index is -1.12. The SMILES string of the molecule is C[C@@H]1[C@@H](c2ccccc2)C12C(=O)NC(=O)NC2=O. The van der Waals surface area contributed by atoms with E-state index in [2.05, 4.69) is 10.6 Å². The van der Waals surface area contributed by atoms with E-state index in [0.29, 0.717) is 0 Å². The first-order chi connectivity index (χ1) is 8.58. The molecular weight excluding hydrogens is 232 g/mol. The number of benzene rings is 1. The first-order valence-electron chi connectivity index (χ1n) is 5.80. The van der Waals surface area contributed by atoms with Crippen molar-refractivity contribution in [2.75, 3.05) is 0 Å². The van der Waals surface area contributed by atoms with Gasteiger partial charge in [0.1, 0.15) is 5.41 Å². The maximum Gasteiger partial charge on any atom is 0.328 e. The van der Waals surface area contributed by atoms with E-state index in [1.807, 2.05) is 37.3 Å². The maximum atomic E-state index is 12.0. The third kappa shape index (κ3) is 1.19. The van der Waals surface area contributed by atoms with Crippen molar-refractivity contribution in [3.8, 4) is 0 Å². The molecule has 2 atom stereocenters. The molecule has 1 aromatic rings. The molecule has 1 saturated heterocycles. The molecule has 2 aliphatic rings. The molecule has 18 heavy (non-hydrogen) atoms. The Hall–Kier alpha value is -2.17. The Balaban J connectivity index is 2.00. The third-order valence-corrected chi connectivity index (χ3v) is 3.96. The lowest BCUT2D eigenvalue weighted by Gasteiger charge is -2.21. The lowest BCUT2D eigenvalue weighted by Crippen LogP contribution is -2.58. The summed E-state index contributed by atoms with van der Waals surface area (Å²) in [5, 5.41) is 4.37. The van der Waals surface area contributed by atoms with Crippen LogP contribution in [0.3, 0.4) is 0 Å². The molecule has 0 radical (unpaired) electrons. The molecule has 1 aromatic carbocycles. The summed E-state index contributed by atoms with van der Waals surface area (Å²) in [5.74, 6) is -1.24. The monoisotopic (exact) mass is 244 g/mol. The second-order valence-electron chi connectivity index (χ2n) is 4.78. The molecule has 5 heteroatoms. The van der Waals surface area contributed by atoms with Crippen LogP contribution in [0.2, 0.25) is 0 Å². The van der Waals surface area contributed by atoms with Crippen LogP contribution in [0.25, 0.3) is 0 Å². The van der Waals surface area contributed by atoms with Crippen LogP contribution in [0.15, 0.2) is 30.3 Å². The number of carbonyl (C=O) groups is 3. The summed E-state index contributed by atoms with van der Waals surface area (Å²) in [6.45, 7) is 1.85. The molecule has 0 bridgehead atoms. The zero-order valence-corrected chi connectivity index (χ0v) is 9.77. The summed E-state index contributed by atoms with van der Waals surface area (Å²) in [6, 6.07) is 8.69. The highest BCUT2D eigenvalue weighted by molar-refractivity contribution is 6.22. The zero-order valence-electron chi connectivity index (χ0n) is 9.77. The zero-order chi connectivity index (χ0) is 12.9. The average Bonchev–Trinajstić information content (AvgIpc) is 2.95. The number of barbiturate groups is 1. The molecule has 5 nitrogen and oxygen atoms in total. The highest BCUT2D eigenvalue weighted by Crippen LogP contribution is 2.65. The van der Waals surface area contributed by atoms with Gasteiger partial charge in [0.05, 0.1) is 0 Å². The Morgan fingerprint density at radius 1 is 1.00 bits per heavy atom. The van der Waals surface area contributed by atoms with E-state index in [0.717, 1.165) is 5.56 Å². The number of nitrogens with one attached hydrogen (secondary N) is 2. The molecule has 3 rings (SSSR count). The number of urea groups is 1. The van der Waals surface area contributed by atoms with Crippen molar-refractivity contribution in [2.45, 2.75) is 12.8 Å². The van der Waals surface area contributed by atoms with E-state index in [9.17, 15) is 14.4 Å². The van der Waals surface area contributed by atoms with Crippen molar-refractivity contribution in [2.24, 2.45) is 11.3 Å². The molecular formula is C13H12N2O3. The normalized spacial score (nSPS) is 28.8. The lowest BCUT2D eigenvalue weighted by atomic mass is 9.95. The molecule has 0 aromatic heterocycles. The van der Waals surface area contributed by atoms with E-state index in [4.69, 9.17) is 0 Å². The fraction of sp³-hybridized carbons (Fsp3) is 0.308. The van der Waals surface area contributed by atoms with Crippen LogP contribution < -0.4 is 10.6 Å². The molecule has 1 aliphatic carbocycles. The van der Waals surface area contributed by atoms with Crippen molar-refractivity contribution >= 4 is 17.8 Å². The van der Waals surface area contributed by atoms with Crippen molar-refractivity contribution in [3.63, 3.8) is 0 Å². The maximum absolute atomic E-state index is 12.0. The number of rotatable bonds is 1. The van der Waals surface area contributed by atoms with Gasteiger partial charge in [0, 0.05) is 5.92 Å². The number of amides is 4. The van der Waals surface area contributed by atoms with Gasteiger partial charge in [-0.1, -0.05) is 37.3 Å². The van der Waals surface area contributed by atoms with Crippen LogP contribution in [-0.2, 0) is 9.59 Å². The van der Waals surface area contributed by atoms with Gasteiger partial charge in [-0.25, -0.2) is 4.79 Å². The Kier molecular flexibility index (Phi) is 2.08. The Labute approximate surface area is 104 Å². The topological polar surface area (TPSA) is 75.3 Å². The minimum Gasteiger partial charge on any atom is -0.277 e. The Morgan fingerprint density at radius 3 is 2.11 bits per heavy atom. The number of carbonyl (C=O) groups excluding carboxylic acids is 3. The molecule has 2 fully saturated rings. The van der Waals surface area contributed by atoms with Crippen molar-refractivity contribution in [1.82, 2.24) is 10.6 Å². The largest absolute Gasteiger partial charge is 0.328 e. The molecule has 2 N–H and O–H groups in total. The van der Waals surface area contributed by atoms with Crippen molar-refractivity contribution in [3.05, 3.63) is 35.9 Å². The van der Waals surface area contributed by atoms with Crippen molar-refractivity contribution < 1.29 is 14.4 Å². The second kappa shape index (κ2) is 3.41. The molecule has 1 heterocycles. The van der Waals surface area contributed by atoms with E-state index < -0.39 is 23.3 Å². The summed E-state index contributed by atoms with van der Waals surface area (Å²) in [4.78, 5) is 35.1. The van der Waals surface area contributed by atoms with E-state index >= 15 is 0 Å². The molecule has 1 aliphatic heterocycles. The Bertz CT molecular complexity index is 533. The van der Waals surface area contributed by atoms with Crippen LogP contribution in [0.1, 0.15) is 18.4 Å². The average molecular weight is 244 g/mol. The van der Waals surface area contributed by atoms with Gasteiger partial charge in [0.2, 0.25) is 11.8 Å². The predicted molar refractivity (Wildman–Crippen MR) is 62.5 cm³/mol. The summed E-state index contributed by atoms with van der Waals surface area (Å²) in [5.41, 5.74) is -0.167. The predicted octanol–water partition coefficient (Wildman–Crippen LogP) is 0.772. The summed E-state index contributed by atoms with van der Waals surface area (Å²) >= 11 is 0. The standard InChI is InChI=1S/C13H12N2O3/c1-7-9(8-5-3-2-4-6-8)13(7)10(16)14-12(18)15-11(13)17/h2-7,9H,1H3,(H2,14,15,16,17,18)/t7-,9+/m1/s1. The molecule has 92 valence electrons. The molecule has 4 amide bonds. The van der Waals surface area contributed by atoms with Gasteiger partial charge in [-0.2, -0.15) is 0 Å². The van der Waals surface area contributed by atoms with Gasteiger partial charge in [0.25, 0.3) is 0 Å². The Morgan fingerprint density at radius 2 is 1.56 bits per heavy atom. The molecule has 1 saturated carbocycles. The first-order valence-corrected chi connectivity index (χ1v) is 5.80. The fourth-order valence-corrected chi connectivity index (χ4v) is 3.02. The van der Waals surface area contributed by atoms with Gasteiger partial charge in [-0.05, 0) is 11.5 Å². The lowest BCUT2D eigenvalue weighted by molar-refractivity contribution is -0.138. The first kappa shape index (κ1) is 11.0. The van der Waals surface area contributed by atoms with E-state index in [1.165, 1.54) is 0 Å². The van der Waals surface area contributed by atoms with Gasteiger partial charge in [-0.15, -0.1) is 0 Å². The van der Waals surface area contributed by atoms with E-state index in [1.54, 1.807) is 0 Å². The van der Waals surface area contributed by atoms with E-state index in [-0.39, 0.29) is 11.8 Å². The van der Waals surface area contributed by atoms with Crippen LogP contribution in [0, 0.1) is 11.3 Å². The number of hydrogen-bond acceptors (Lipinski definition) is 3. The van der Waals surface area contributed by atoms with Crippen LogP contribution in [0.4, 0.5) is 4.79 Å². The number of hydrogen-bond donors (Lipinski definition) is 2. The highest BCUT2D eigenvalue weighted by Gasteiger charge is 2.74. The van der Waals surface area contributed by atoms with Gasteiger partial charge in [-0.3, -0.25) is 20.2 Å². The molecule has 1 spiro atoms. The number of imide groups is 2.